The second kappa shape index (κ2) is 5.84. The van der Waals surface area contributed by atoms with E-state index in [9.17, 15) is 0 Å². The molecule has 0 bridgehead atoms. The van der Waals surface area contributed by atoms with Crippen molar-refractivity contribution in [2.24, 2.45) is 0 Å². The molecule has 0 radical (unpaired) electrons. The van der Waals surface area contributed by atoms with E-state index in [1.165, 1.54) is 21.9 Å². The zero-order chi connectivity index (χ0) is 14.7. The Bertz CT molecular complexity index is 800. The number of anilines is 2. The van der Waals surface area contributed by atoms with Gasteiger partial charge in [0.25, 0.3) is 0 Å². The molecule has 1 heteroatoms. The maximum absolute atomic E-state index is 3.49. The molecule has 0 aliphatic carbocycles. The normalized spacial score (nSPS) is 11.1. The number of nitrogens with one attached hydrogen (secondary N) is 1. The molecule has 0 saturated carbocycles. The average molecular weight is 273 g/mol. The summed E-state index contributed by atoms with van der Waals surface area (Å²) in [6.07, 6.45) is 4.21. The van der Waals surface area contributed by atoms with Crippen molar-refractivity contribution in [1.29, 1.82) is 0 Å². The van der Waals surface area contributed by atoms with E-state index in [0.717, 1.165) is 11.4 Å². The fourth-order valence-electron chi connectivity index (χ4n) is 2.51. The fraction of sp³-hybridized carbons (Fsp3) is 0.100. The van der Waals surface area contributed by atoms with Crippen molar-refractivity contribution in [3.63, 3.8) is 0 Å². The van der Waals surface area contributed by atoms with E-state index in [-0.39, 0.29) is 0 Å². The van der Waals surface area contributed by atoms with Crippen molar-refractivity contribution in [3.05, 3.63) is 77.9 Å². The van der Waals surface area contributed by atoms with Gasteiger partial charge in [-0.15, -0.1) is 0 Å². The van der Waals surface area contributed by atoms with Gasteiger partial charge in [-0.25, -0.2) is 0 Å². The first-order valence-electron chi connectivity index (χ1n) is 7.25. The van der Waals surface area contributed by atoms with Crippen LogP contribution in [0.3, 0.4) is 0 Å². The predicted octanol–water partition coefficient (Wildman–Crippen LogP) is 5.92. The third-order valence-electron chi connectivity index (χ3n) is 3.66. The molecule has 3 rings (SSSR count). The average Bonchev–Trinajstić information content (AvgIpc) is 2.51. The second-order valence-electron chi connectivity index (χ2n) is 5.26. The van der Waals surface area contributed by atoms with Crippen LogP contribution in [0.4, 0.5) is 11.4 Å². The van der Waals surface area contributed by atoms with Gasteiger partial charge in [-0.1, -0.05) is 48.6 Å². The Labute approximate surface area is 125 Å². The highest BCUT2D eigenvalue weighted by molar-refractivity contribution is 5.86. The maximum atomic E-state index is 3.49. The van der Waals surface area contributed by atoms with E-state index in [4.69, 9.17) is 0 Å². The molecule has 0 unspecified atom stereocenters. The van der Waals surface area contributed by atoms with Gasteiger partial charge in [-0.3, -0.25) is 0 Å². The van der Waals surface area contributed by atoms with Crippen LogP contribution in [0.2, 0.25) is 0 Å². The minimum Gasteiger partial charge on any atom is -0.355 e. The number of fused-ring (bicyclic) bond motifs is 1. The zero-order valence-corrected chi connectivity index (χ0v) is 12.4. The van der Waals surface area contributed by atoms with Crippen LogP contribution in [0.5, 0.6) is 0 Å². The van der Waals surface area contributed by atoms with Crippen LogP contribution in [0.15, 0.2) is 66.7 Å². The summed E-state index contributed by atoms with van der Waals surface area (Å²) in [6.45, 7) is 4.18. The SMILES string of the molecule is C/C=C\c1cc(Nc2ccc3ccccc3c2)ccc1C. The quantitative estimate of drug-likeness (QED) is 0.624. The monoisotopic (exact) mass is 273 g/mol. The van der Waals surface area contributed by atoms with Gasteiger partial charge in [0.2, 0.25) is 0 Å². The van der Waals surface area contributed by atoms with Crippen LogP contribution < -0.4 is 5.32 Å². The second-order valence-corrected chi connectivity index (χ2v) is 5.26. The molecule has 3 aromatic carbocycles. The topological polar surface area (TPSA) is 12.0 Å². The maximum Gasteiger partial charge on any atom is 0.0390 e. The van der Waals surface area contributed by atoms with E-state index in [2.05, 4.69) is 85.1 Å². The molecule has 0 atom stereocenters. The van der Waals surface area contributed by atoms with Crippen LogP contribution >= 0.6 is 0 Å². The van der Waals surface area contributed by atoms with Gasteiger partial charge in [0.15, 0.2) is 0 Å². The first-order chi connectivity index (χ1) is 10.3. The van der Waals surface area contributed by atoms with Gasteiger partial charge in [0.1, 0.15) is 0 Å². The Morgan fingerprint density at radius 3 is 2.33 bits per heavy atom. The number of benzene rings is 3. The Kier molecular flexibility index (Phi) is 3.74. The van der Waals surface area contributed by atoms with E-state index < -0.39 is 0 Å². The Hall–Kier alpha value is -2.54. The van der Waals surface area contributed by atoms with Crippen molar-refractivity contribution in [3.8, 4) is 0 Å². The van der Waals surface area contributed by atoms with Crippen molar-refractivity contribution in [1.82, 2.24) is 0 Å². The molecule has 104 valence electrons. The Balaban J connectivity index is 1.92. The summed E-state index contributed by atoms with van der Waals surface area (Å²) in [5.74, 6) is 0. The van der Waals surface area contributed by atoms with Crippen LogP contribution in [0, 0.1) is 6.92 Å². The minimum absolute atomic E-state index is 1.11. The van der Waals surface area contributed by atoms with Gasteiger partial charge >= 0.3 is 0 Å². The van der Waals surface area contributed by atoms with E-state index in [1.807, 2.05) is 6.92 Å². The van der Waals surface area contributed by atoms with Crippen molar-refractivity contribution in [2.75, 3.05) is 5.32 Å². The molecule has 0 heterocycles. The van der Waals surface area contributed by atoms with Gasteiger partial charge < -0.3 is 5.32 Å². The molecule has 1 nitrogen and oxygen atoms in total. The highest BCUT2D eigenvalue weighted by Crippen LogP contribution is 2.24. The van der Waals surface area contributed by atoms with E-state index in [1.54, 1.807) is 0 Å². The van der Waals surface area contributed by atoms with E-state index in [0.29, 0.717) is 0 Å². The van der Waals surface area contributed by atoms with Crippen LogP contribution in [-0.2, 0) is 0 Å². The van der Waals surface area contributed by atoms with Crippen molar-refractivity contribution in [2.45, 2.75) is 13.8 Å². The largest absolute Gasteiger partial charge is 0.355 e. The Morgan fingerprint density at radius 1 is 0.810 bits per heavy atom. The Morgan fingerprint density at radius 2 is 1.52 bits per heavy atom. The number of allylic oxidation sites excluding steroid dienone is 1. The number of hydrogen-bond donors (Lipinski definition) is 1. The molecule has 1 N–H and O–H groups in total. The molecule has 21 heavy (non-hydrogen) atoms. The first kappa shape index (κ1) is 13.4. The first-order valence-corrected chi connectivity index (χ1v) is 7.25. The number of rotatable bonds is 3. The number of hydrogen-bond acceptors (Lipinski definition) is 1. The summed E-state index contributed by atoms with van der Waals surface area (Å²) < 4.78 is 0. The summed E-state index contributed by atoms with van der Waals surface area (Å²) in [7, 11) is 0. The van der Waals surface area contributed by atoms with Gasteiger partial charge in [0, 0.05) is 11.4 Å². The molecule has 0 saturated heterocycles. The lowest BCUT2D eigenvalue weighted by Gasteiger charge is -2.10. The molecule has 0 amide bonds. The molecule has 3 aromatic rings. The lowest BCUT2D eigenvalue weighted by atomic mass is 10.1. The van der Waals surface area contributed by atoms with Crippen LogP contribution in [-0.4, -0.2) is 0 Å². The molecular formula is C20H19N. The summed E-state index contributed by atoms with van der Waals surface area (Å²) in [5.41, 5.74) is 4.77. The molecular weight excluding hydrogens is 254 g/mol. The van der Waals surface area contributed by atoms with Crippen LogP contribution in [0.25, 0.3) is 16.8 Å². The van der Waals surface area contributed by atoms with Crippen molar-refractivity contribution < 1.29 is 0 Å². The highest BCUT2D eigenvalue weighted by Gasteiger charge is 2.00. The minimum atomic E-state index is 1.11. The van der Waals surface area contributed by atoms with E-state index >= 15 is 0 Å². The predicted molar refractivity (Wildman–Crippen MR) is 93.1 cm³/mol. The smallest absolute Gasteiger partial charge is 0.0390 e. The van der Waals surface area contributed by atoms with Crippen LogP contribution in [0.1, 0.15) is 18.1 Å². The summed E-state index contributed by atoms with van der Waals surface area (Å²) >= 11 is 0. The summed E-state index contributed by atoms with van der Waals surface area (Å²) in [5, 5.41) is 6.01. The number of aryl methyl sites for hydroxylation is 1. The summed E-state index contributed by atoms with van der Waals surface area (Å²) in [4.78, 5) is 0. The van der Waals surface area contributed by atoms with Gasteiger partial charge in [-0.2, -0.15) is 0 Å². The van der Waals surface area contributed by atoms with Gasteiger partial charge in [-0.05, 0) is 60.0 Å². The fourth-order valence-corrected chi connectivity index (χ4v) is 2.51. The lowest BCUT2D eigenvalue weighted by Crippen LogP contribution is -1.92. The molecule has 0 aromatic heterocycles. The standard InChI is InChI=1S/C20H19N/c1-3-6-17-13-19(11-9-15(17)2)21-20-12-10-16-7-4-5-8-18(16)14-20/h3-14,21H,1-2H3/b6-3-. The molecule has 0 spiro atoms. The lowest BCUT2D eigenvalue weighted by molar-refractivity contribution is 1.43. The zero-order valence-electron chi connectivity index (χ0n) is 12.4. The van der Waals surface area contributed by atoms with Gasteiger partial charge in [0.05, 0.1) is 0 Å². The molecule has 0 fully saturated rings. The molecule has 0 aliphatic rings. The molecule has 0 aliphatic heterocycles. The highest BCUT2D eigenvalue weighted by atomic mass is 14.9. The third-order valence-corrected chi connectivity index (χ3v) is 3.66. The third kappa shape index (κ3) is 2.97. The van der Waals surface area contributed by atoms with Crippen molar-refractivity contribution >= 4 is 28.2 Å². The summed E-state index contributed by atoms with van der Waals surface area (Å²) in [6, 6.07) is 21.3.